The van der Waals surface area contributed by atoms with Crippen LogP contribution in [0.3, 0.4) is 0 Å². The number of carbonyl (C=O) groups excluding carboxylic acids is 1. The summed E-state index contributed by atoms with van der Waals surface area (Å²) in [6.07, 6.45) is 35.9. The van der Waals surface area contributed by atoms with Gasteiger partial charge in [-0.1, -0.05) is 133 Å². The Morgan fingerprint density at radius 3 is 1.71 bits per heavy atom. The minimum Gasteiger partial charge on any atom is -0.390 e. The van der Waals surface area contributed by atoms with Crippen LogP contribution >= 0.6 is 0 Å². The molecule has 0 unspecified atom stereocenters. The van der Waals surface area contributed by atoms with Crippen molar-refractivity contribution in [2.24, 2.45) is 5.41 Å². The number of ketones is 1. The van der Waals surface area contributed by atoms with E-state index in [-0.39, 0.29) is 11.2 Å². The maximum absolute atomic E-state index is 12.1. The molecule has 1 N–H and O–H groups in total. The SMILES string of the molecule is CC(=C/C=C/C(C)=C/C=C/C(C)=C/C=C/C=C(C)/C=C/C=C(C)/C=C/C1=C(C)C(=O)CCC1(C)C)CCCC(C)(C)O. The van der Waals surface area contributed by atoms with Gasteiger partial charge in [-0.3, -0.25) is 4.79 Å². The fraction of sp³-hybridized carbons (Fsp3) is 0.425. The Morgan fingerprint density at radius 1 is 0.762 bits per heavy atom. The summed E-state index contributed by atoms with van der Waals surface area (Å²) in [4.78, 5) is 12.1. The van der Waals surface area contributed by atoms with E-state index in [9.17, 15) is 9.90 Å². The maximum atomic E-state index is 12.1. The molecule has 42 heavy (non-hydrogen) atoms. The first kappa shape index (κ1) is 36.8. The van der Waals surface area contributed by atoms with Gasteiger partial charge in [0.25, 0.3) is 0 Å². The molecule has 0 saturated carbocycles. The molecule has 0 aromatic carbocycles. The van der Waals surface area contributed by atoms with Crippen LogP contribution in [-0.2, 0) is 4.79 Å². The molecule has 0 saturated heterocycles. The van der Waals surface area contributed by atoms with Crippen molar-refractivity contribution < 1.29 is 9.90 Å². The Hall–Kier alpha value is -3.23. The van der Waals surface area contributed by atoms with E-state index in [2.05, 4.69) is 140 Å². The molecule has 0 radical (unpaired) electrons. The summed E-state index contributed by atoms with van der Waals surface area (Å²) in [5.41, 5.74) is 7.56. The normalized spacial score (nSPS) is 18.8. The van der Waals surface area contributed by atoms with Crippen LogP contribution in [-0.4, -0.2) is 16.5 Å². The molecule has 0 heterocycles. The standard InChI is InChI=1S/C40H56O2/c1-31(19-13-21-33(3)22-14-23-34(4)25-16-29-40(9,10)42)17-11-12-18-32(2)20-15-24-35(5)26-27-37-36(6)38(41)28-30-39(37,7)8/h11-15,17-24,26-27,42H,16,25,28-30H2,1-10H3/b12-11+,19-13+,20-15+,22-14+,27-26+,31-17+,32-18+,33-21+,34-23?,35-24+. The molecular weight excluding hydrogens is 512 g/mol. The van der Waals surface area contributed by atoms with Crippen molar-refractivity contribution in [3.63, 3.8) is 0 Å². The van der Waals surface area contributed by atoms with Crippen LogP contribution in [0.15, 0.2) is 130 Å². The van der Waals surface area contributed by atoms with Crippen molar-refractivity contribution in [3.05, 3.63) is 130 Å². The average molecular weight is 569 g/mol. The lowest BCUT2D eigenvalue weighted by Gasteiger charge is -2.32. The number of rotatable bonds is 14. The summed E-state index contributed by atoms with van der Waals surface area (Å²) < 4.78 is 0. The zero-order valence-electron chi connectivity index (χ0n) is 28.1. The Labute approximate surface area is 257 Å². The molecule has 0 spiro atoms. The summed E-state index contributed by atoms with van der Waals surface area (Å²) in [5.74, 6) is 0.274. The molecule has 0 aromatic heterocycles. The van der Waals surface area contributed by atoms with E-state index in [0.29, 0.717) is 6.42 Å². The number of hydrogen-bond donors (Lipinski definition) is 1. The van der Waals surface area contributed by atoms with Crippen molar-refractivity contribution in [3.8, 4) is 0 Å². The van der Waals surface area contributed by atoms with Crippen molar-refractivity contribution in [2.75, 3.05) is 0 Å². The lowest BCUT2D eigenvalue weighted by molar-refractivity contribution is -0.116. The van der Waals surface area contributed by atoms with Gasteiger partial charge in [0.2, 0.25) is 0 Å². The lowest BCUT2D eigenvalue weighted by atomic mass is 9.72. The molecule has 0 aromatic rings. The molecule has 0 amide bonds. The Morgan fingerprint density at radius 2 is 1.21 bits per heavy atom. The molecule has 1 rings (SSSR count). The summed E-state index contributed by atoms with van der Waals surface area (Å²) >= 11 is 0. The summed E-state index contributed by atoms with van der Waals surface area (Å²) in [5, 5.41) is 9.82. The number of allylic oxidation sites excluding steroid dienone is 22. The fourth-order valence-electron chi connectivity index (χ4n) is 4.56. The van der Waals surface area contributed by atoms with Gasteiger partial charge in [0.1, 0.15) is 0 Å². The van der Waals surface area contributed by atoms with Crippen LogP contribution in [0, 0.1) is 5.41 Å². The van der Waals surface area contributed by atoms with Gasteiger partial charge in [-0.15, -0.1) is 0 Å². The van der Waals surface area contributed by atoms with Gasteiger partial charge in [-0.25, -0.2) is 0 Å². The quantitative estimate of drug-likeness (QED) is 0.212. The van der Waals surface area contributed by atoms with E-state index in [4.69, 9.17) is 0 Å². The van der Waals surface area contributed by atoms with Crippen LogP contribution in [0.5, 0.6) is 0 Å². The molecule has 0 atom stereocenters. The molecule has 2 nitrogen and oxygen atoms in total. The Bertz CT molecular complexity index is 1250. The first-order valence-corrected chi connectivity index (χ1v) is 15.3. The van der Waals surface area contributed by atoms with E-state index in [1.54, 1.807) is 0 Å². The number of carbonyl (C=O) groups is 1. The zero-order chi connectivity index (χ0) is 31.8. The fourth-order valence-corrected chi connectivity index (χ4v) is 4.56. The van der Waals surface area contributed by atoms with Gasteiger partial charge < -0.3 is 5.11 Å². The van der Waals surface area contributed by atoms with E-state index in [1.165, 1.54) is 22.3 Å². The molecular formula is C40H56O2. The third-order valence-corrected chi connectivity index (χ3v) is 7.41. The third-order valence-electron chi connectivity index (χ3n) is 7.41. The number of aliphatic hydroxyl groups is 1. The predicted octanol–water partition coefficient (Wildman–Crippen LogP) is 11.1. The van der Waals surface area contributed by atoms with Crippen LogP contribution in [0.25, 0.3) is 0 Å². The summed E-state index contributed by atoms with van der Waals surface area (Å²) in [6.45, 7) is 20.6. The molecule has 228 valence electrons. The van der Waals surface area contributed by atoms with Gasteiger partial charge >= 0.3 is 0 Å². The van der Waals surface area contributed by atoms with E-state index >= 15 is 0 Å². The maximum Gasteiger partial charge on any atom is 0.158 e. The molecule has 0 aliphatic heterocycles. The van der Waals surface area contributed by atoms with Gasteiger partial charge in [-0.05, 0) is 97.6 Å². The van der Waals surface area contributed by atoms with Crippen molar-refractivity contribution in [2.45, 2.75) is 107 Å². The molecule has 0 fully saturated rings. The van der Waals surface area contributed by atoms with Gasteiger partial charge in [0.05, 0.1) is 5.60 Å². The predicted molar refractivity (Wildman–Crippen MR) is 185 cm³/mol. The first-order chi connectivity index (χ1) is 19.6. The van der Waals surface area contributed by atoms with Gasteiger partial charge in [0, 0.05) is 6.42 Å². The van der Waals surface area contributed by atoms with E-state index in [0.717, 1.165) is 42.4 Å². The highest BCUT2D eigenvalue weighted by atomic mass is 16.3. The second-order valence-corrected chi connectivity index (χ2v) is 13.0. The van der Waals surface area contributed by atoms with Crippen molar-refractivity contribution in [1.82, 2.24) is 0 Å². The van der Waals surface area contributed by atoms with Crippen molar-refractivity contribution in [1.29, 1.82) is 0 Å². The molecule has 0 bridgehead atoms. The minimum absolute atomic E-state index is 0.0443. The topological polar surface area (TPSA) is 37.3 Å². The zero-order valence-corrected chi connectivity index (χ0v) is 28.1. The van der Waals surface area contributed by atoms with E-state index in [1.807, 2.05) is 20.8 Å². The van der Waals surface area contributed by atoms with Gasteiger partial charge in [-0.2, -0.15) is 0 Å². The van der Waals surface area contributed by atoms with E-state index < -0.39 is 5.60 Å². The summed E-state index contributed by atoms with van der Waals surface area (Å²) in [7, 11) is 0. The second-order valence-electron chi connectivity index (χ2n) is 13.0. The highest BCUT2D eigenvalue weighted by molar-refractivity contribution is 5.97. The third kappa shape index (κ3) is 16.3. The number of Topliss-reactive ketones (excluding diaryl/α,β-unsaturated/α-hetero) is 1. The Kier molecular flexibility index (Phi) is 16.1. The molecule has 1 aliphatic rings. The summed E-state index contributed by atoms with van der Waals surface area (Å²) in [6, 6.07) is 0. The minimum atomic E-state index is -0.581. The Balaban J connectivity index is 2.60. The van der Waals surface area contributed by atoms with Crippen LogP contribution in [0.1, 0.15) is 101 Å². The van der Waals surface area contributed by atoms with Crippen LogP contribution in [0.4, 0.5) is 0 Å². The lowest BCUT2D eigenvalue weighted by Crippen LogP contribution is -2.24. The first-order valence-electron chi connectivity index (χ1n) is 15.3. The smallest absolute Gasteiger partial charge is 0.158 e. The van der Waals surface area contributed by atoms with Crippen molar-refractivity contribution >= 4 is 5.78 Å². The van der Waals surface area contributed by atoms with Crippen LogP contribution in [0.2, 0.25) is 0 Å². The largest absolute Gasteiger partial charge is 0.390 e. The highest BCUT2D eigenvalue weighted by Gasteiger charge is 2.30. The molecule has 1 aliphatic carbocycles. The molecule has 2 heteroatoms. The van der Waals surface area contributed by atoms with Crippen LogP contribution < -0.4 is 0 Å². The monoisotopic (exact) mass is 568 g/mol. The second kappa shape index (κ2) is 18.3. The van der Waals surface area contributed by atoms with Gasteiger partial charge in [0.15, 0.2) is 5.78 Å². The number of hydrogen-bond acceptors (Lipinski definition) is 2. The average Bonchev–Trinajstić information content (AvgIpc) is 2.88. The highest BCUT2D eigenvalue weighted by Crippen LogP contribution is 2.39.